The van der Waals surface area contributed by atoms with Crippen molar-refractivity contribution in [1.82, 2.24) is 9.80 Å². The standard InChI is InChI=1S/C28H32N2O3S/c1-19-6-8-20(9-7-19)26-23-15-17-34-24(23)14-16-29(26)25(31)18-30(28(2,3)4)27(32)21-10-12-22(33-5)13-11-21/h6-13,15,17,26H,14,16,18H2,1-5H3. The van der Waals surface area contributed by atoms with Crippen LogP contribution in [0.25, 0.3) is 0 Å². The first kappa shape index (κ1) is 24.0. The number of amides is 2. The molecule has 1 aromatic heterocycles. The fourth-order valence-electron chi connectivity index (χ4n) is 4.42. The Kier molecular flexibility index (Phi) is 6.80. The number of benzene rings is 2. The Labute approximate surface area is 206 Å². The van der Waals surface area contributed by atoms with E-state index < -0.39 is 5.54 Å². The Morgan fingerprint density at radius 3 is 2.35 bits per heavy atom. The number of ether oxygens (including phenoxy) is 1. The number of fused-ring (bicyclic) bond motifs is 1. The van der Waals surface area contributed by atoms with E-state index in [1.165, 1.54) is 16.0 Å². The smallest absolute Gasteiger partial charge is 0.254 e. The molecule has 1 atom stereocenters. The lowest BCUT2D eigenvalue weighted by Gasteiger charge is -2.40. The lowest BCUT2D eigenvalue weighted by molar-refractivity contribution is -0.135. The number of nitrogens with zero attached hydrogens (tertiary/aromatic N) is 2. The number of aryl methyl sites for hydroxylation is 1. The highest BCUT2D eigenvalue weighted by Gasteiger charge is 2.36. The maximum absolute atomic E-state index is 13.8. The number of methoxy groups -OCH3 is 1. The lowest BCUT2D eigenvalue weighted by Crippen LogP contribution is -2.52. The zero-order valence-corrected chi connectivity index (χ0v) is 21.3. The van der Waals surface area contributed by atoms with Crippen molar-refractivity contribution in [3.63, 3.8) is 0 Å². The molecule has 2 heterocycles. The van der Waals surface area contributed by atoms with Crippen LogP contribution in [0.3, 0.4) is 0 Å². The van der Waals surface area contributed by atoms with Crippen molar-refractivity contribution in [2.45, 2.75) is 45.7 Å². The van der Waals surface area contributed by atoms with Crippen LogP contribution >= 0.6 is 11.3 Å². The number of carbonyl (C=O) groups is 2. The third-order valence-corrected chi connectivity index (χ3v) is 7.36. The van der Waals surface area contributed by atoms with Gasteiger partial charge in [0.2, 0.25) is 5.91 Å². The van der Waals surface area contributed by atoms with Crippen LogP contribution in [0.15, 0.2) is 60.0 Å². The van der Waals surface area contributed by atoms with Gasteiger partial charge in [0.05, 0.1) is 13.2 Å². The van der Waals surface area contributed by atoms with Gasteiger partial charge in [-0.3, -0.25) is 9.59 Å². The predicted molar refractivity (Wildman–Crippen MR) is 137 cm³/mol. The fourth-order valence-corrected chi connectivity index (χ4v) is 5.33. The van der Waals surface area contributed by atoms with Crippen LogP contribution in [0.4, 0.5) is 0 Å². The molecule has 6 heteroatoms. The van der Waals surface area contributed by atoms with Crippen LogP contribution in [0.5, 0.6) is 5.75 Å². The van der Waals surface area contributed by atoms with E-state index in [0.717, 1.165) is 12.0 Å². The zero-order chi connectivity index (χ0) is 24.5. The SMILES string of the molecule is COc1ccc(C(=O)N(CC(=O)N2CCc3sccc3C2c2ccc(C)cc2)C(C)(C)C)cc1. The minimum Gasteiger partial charge on any atom is -0.497 e. The van der Waals surface area contributed by atoms with Crippen LogP contribution < -0.4 is 4.74 Å². The van der Waals surface area contributed by atoms with Crippen LogP contribution in [0.1, 0.15) is 58.7 Å². The van der Waals surface area contributed by atoms with Crippen LogP contribution in [0.2, 0.25) is 0 Å². The van der Waals surface area contributed by atoms with Gasteiger partial charge in [-0.05, 0) is 81.0 Å². The summed E-state index contributed by atoms with van der Waals surface area (Å²) in [7, 11) is 1.60. The first-order valence-electron chi connectivity index (χ1n) is 11.6. The van der Waals surface area contributed by atoms with E-state index in [1.54, 1.807) is 47.6 Å². The zero-order valence-electron chi connectivity index (χ0n) is 20.5. The third-order valence-electron chi connectivity index (χ3n) is 6.36. The van der Waals surface area contributed by atoms with Crippen LogP contribution in [-0.4, -0.2) is 47.4 Å². The van der Waals surface area contributed by atoms with Gasteiger partial charge in [-0.1, -0.05) is 29.8 Å². The molecule has 0 saturated heterocycles. The van der Waals surface area contributed by atoms with E-state index in [0.29, 0.717) is 17.9 Å². The summed E-state index contributed by atoms with van der Waals surface area (Å²) >= 11 is 1.75. The average molecular weight is 477 g/mol. The second kappa shape index (κ2) is 9.63. The fraction of sp³-hybridized carbons (Fsp3) is 0.357. The summed E-state index contributed by atoms with van der Waals surface area (Å²) < 4.78 is 5.22. The van der Waals surface area contributed by atoms with E-state index in [9.17, 15) is 9.59 Å². The normalized spacial score (nSPS) is 15.6. The molecule has 0 radical (unpaired) electrons. The van der Waals surface area contributed by atoms with E-state index in [1.807, 2.05) is 25.7 Å². The number of hydrogen-bond acceptors (Lipinski definition) is 4. The van der Waals surface area contributed by atoms with Crippen molar-refractivity contribution in [3.8, 4) is 5.75 Å². The monoisotopic (exact) mass is 476 g/mol. The first-order chi connectivity index (χ1) is 16.2. The maximum Gasteiger partial charge on any atom is 0.254 e. The van der Waals surface area contributed by atoms with Crippen LogP contribution in [-0.2, 0) is 11.2 Å². The number of rotatable bonds is 5. The molecule has 3 aromatic rings. The Morgan fingerprint density at radius 1 is 1.06 bits per heavy atom. The lowest BCUT2D eigenvalue weighted by atomic mass is 9.92. The van der Waals surface area contributed by atoms with E-state index in [4.69, 9.17) is 4.74 Å². The molecule has 2 amide bonds. The van der Waals surface area contributed by atoms with E-state index in [-0.39, 0.29) is 24.4 Å². The van der Waals surface area contributed by atoms with Gasteiger partial charge in [0, 0.05) is 22.5 Å². The van der Waals surface area contributed by atoms with Crippen molar-refractivity contribution in [3.05, 3.63) is 87.1 Å². The quantitative estimate of drug-likeness (QED) is 0.490. The van der Waals surface area contributed by atoms with Crippen molar-refractivity contribution in [2.24, 2.45) is 0 Å². The van der Waals surface area contributed by atoms with Gasteiger partial charge in [0.1, 0.15) is 12.3 Å². The molecule has 1 unspecified atom stereocenters. The summed E-state index contributed by atoms with van der Waals surface area (Å²) in [6, 6.07) is 17.4. The molecule has 0 bridgehead atoms. The molecule has 0 N–H and O–H groups in total. The molecule has 4 rings (SSSR count). The second-order valence-electron chi connectivity index (χ2n) is 9.74. The van der Waals surface area contributed by atoms with Crippen molar-refractivity contribution >= 4 is 23.2 Å². The van der Waals surface area contributed by atoms with Crippen molar-refractivity contribution in [1.29, 1.82) is 0 Å². The highest BCUT2D eigenvalue weighted by molar-refractivity contribution is 7.10. The van der Waals surface area contributed by atoms with Gasteiger partial charge in [-0.25, -0.2) is 0 Å². The summed E-state index contributed by atoms with van der Waals surface area (Å²) in [5, 5.41) is 2.11. The molecule has 1 aliphatic rings. The molecule has 178 valence electrons. The molecule has 5 nitrogen and oxygen atoms in total. The van der Waals surface area contributed by atoms with E-state index in [2.05, 4.69) is 42.6 Å². The Hall–Kier alpha value is -3.12. The van der Waals surface area contributed by atoms with Gasteiger partial charge in [0.25, 0.3) is 5.91 Å². The Bertz CT molecular complexity index is 1160. The maximum atomic E-state index is 13.8. The summed E-state index contributed by atoms with van der Waals surface area (Å²) in [5.41, 5.74) is 3.50. The van der Waals surface area contributed by atoms with Gasteiger partial charge >= 0.3 is 0 Å². The molecular weight excluding hydrogens is 444 g/mol. The number of hydrogen-bond donors (Lipinski definition) is 0. The number of thiophene rings is 1. The molecule has 2 aromatic carbocycles. The van der Waals surface area contributed by atoms with Gasteiger partial charge < -0.3 is 14.5 Å². The topological polar surface area (TPSA) is 49.9 Å². The molecular formula is C28H32N2O3S. The number of carbonyl (C=O) groups excluding carboxylic acids is 2. The van der Waals surface area contributed by atoms with Gasteiger partial charge in [-0.2, -0.15) is 0 Å². The summed E-state index contributed by atoms with van der Waals surface area (Å²) in [4.78, 5) is 32.2. The molecule has 34 heavy (non-hydrogen) atoms. The molecule has 0 saturated carbocycles. The molecule has 0 spiro atoms. The van der Waals surface area contributed by atoms with Crippen molar-refractivity contribution < 1.29 is 14.3 Å². The average Bonchev–Trinajstić information content (AvgIpc) is 3.30. The minimum absolute atomic E-state index is 0.0240. The summed E-state index contributed by atoms with van der Waals surface area (Å²) in [6.07, 6.45) is 0.836. The Morgan fingerprint density at radius 2 is 1.74 bits per heavy atom. The molecule has 0 fully saturated rings. The summed E-state index contributed by atoms with van der Waals surface area (Å²) in [6.45, 7) is 8.62. The van der Waals surface area contributed by atoms with Gasteiger partial charge in [0.15, 0.2) is 0 Å². The highest BCUT2D eigenvalue weighted by Crippen LogP contribution is 2.38. The molecule has 1 aliphatic heterocycles. The third kappa shape index (κ3) is 4.87. The predicted octanol–water partition coefficient (Wildman–Crippen LogP) is 5.48. The largest absolute Gasteiger partial charge is 0.497 e. The summed E-state index contributed by atoms with van der Waals surface area (Å²) in [5.74, 6) is 0.485. The highest BCUT2D eigenvalue weighted by atomic mass is 32.1. The van der Waals surface area contributed by atoms with Gasteiger partial charge in [-0.15, -0.1) is 11.3 Å². The second-order valence-corrected chi connectivity index (χ2v) is 10.7. The minimum atomic E-state index is -0.518. The van der Waals surface area contributed by atoms with E-state index >= 15 is 0 Å². The first-order valence-corrected chi connectivity index (χ1v) is 12.5. The van der Waals surface area contributed by atoms with Crippen LogP contribution in [0, 0.1) is 6.92 Å². The Balaban J connectivity index is 1.63. The molecule has 0 aliphatic carbocycles. The van der Waals surface area contributed by atoms with Crippen molar-refractivity contribution in [2.75, 3.05) is 20.2 Å².